The van der Waals surface area contributed by atoms with Gasteiger partial charge in [-0.3, -0.25) is 0 Å². The Bertz CT molecular complexity index is 426. The Balaban J connectivity index is 3.12. The van der Waals surface area contributed by atoms with Crippen molar-refractivity contribution in [3.8, 4) is 5.75 Å². The molecule has 0 aliphatic rings. The van der Waals surface area contributed by atoms with E-state index in [0.717, 1.165) is 23.3 Å². The molecule has 3 heteroatoms. The van der Waals surface area contributed by atoms with E-state index in [1.54, 1.807) is 6.92 Å². The van der Waals surface area contributed by atoms with Gasteiger partial charge in [0.15, 0.2) is 0 Å². The number of ether oxygens (including phenoxy) is 1. The monoisotopic (exact) mass is 280 g/mol. The van der Waals surface area contributed by atoms with Crippen LogP contribution in [0.1, 0.15) is 56.2 Å². The lowest BCUT2D eigenvalue weighted by molar-refractivity contribution is 0.0213. The van der Waals surface area contributed by atoms with Gasteiger partial charge in [-0.25, -0.2) is 0 Å². The van der Waals surface area contributed by atoms with Crippen LogP contribution in [-0.4, -0.2) is 29.0 Å². The van der Waals surface area contributed by atoms with Gasteiger partial charge >= 0.3 is 0 Å². The van der Waals surface area contributed by atoms with Crippen LogP contribution in [-0.2, 0) is 0 Å². The summed E-state index contributed by atoms with van der Waals surface area (Å²) in [5.74, 6) is 1.13. The molecule has 0 spiro atoms. The quantitative estimate of drug-likeness (QED) is 0.805. The van der Waals surface area contributed by atoms with Crippen molar-refractivity contribution in [3.63, 3.8) is 0 Å². The normalized spacial score (nSPS) is 15.8. The van der Waals surface area contributed by atoms with Crippen molar-refractivity contribution in [2.24, 2.45) is 0 Å². The Morgan fingerprint density at radius 3 is 2.30 bits per heavy atom. The first-order valence-electron chi connectivity index (χ1n) is 7.50. The molecule has 0 aromatic heterocycles. The zero-order chi connectivity index (χ0) is 15.3. The number of rotatable bonds is 7. The van der Waals surface area contributed by atoms with Gasteiger partial charge in [-0.15, -0.1) is 0 Å². The summed E-state index contributed by atoms with van der Waals surface area (Å²) in [6, 6.07) is 4.26. The first-order valence-corrected chi connectivity index (χ1v) is 7.50. The number of benzene rings is 1. The maximum Gasteiger partial charge on any atom is 0.125 e. The zero-order valence-electron chi connectivity index (χ0n) is 13.3. The van der Waals surface area contributed by atoms with E-state index >= 15 is 0 Å². The third kappa shape index (κ3) is 4.22. The third-order valence-corrected chi connectivity index (χ3v) is 3.75. The van der Waals surface area contributed by atoms with Crippen LogP contribution in [0, 0.1) is 13.8 Å². The fourth-order valence-corrected chi connectivity index (χ4v) is 2.63. The Labute approximate surface area is 122 Å². The van der Waals surface area contributed by atoms with Gasteiger partial charge in [0.1, 0.15) is 5.75 Å². The number of aliphatic hydroxyl groups excluding tert-OH is 2. The molecule has 0 aliphatic carbocycles. The molecule has 0 fully saturated rings. The first kappa shape index (κ1) is 17.0. The maximum absolute atomic E-state index is 9.96. The van der Waals surface area contributed by atoms with E-state index in [0.29, 0.717) is 13.0 Å². The highest BCUT2D eigenvalue weighted by Crippen LogP contribution is 2.36. The molecule has 3 atom stereocenters. The number of hydrogen-bond donors (Lipinski definition) is 2. The van der Waals surface area contributed by atoms with E-state index in [1.165, 1.54) is 5.56 Å². The fourth-order valence-electron chi connectivity index (χ4n) is 2.63. The molecule has 1 aromatic carbocycles. The lowest BCUT2D eigenvalue weighted by Gasteiger charge is -2.24. The second-order valence-corrected chi connectivity index (χ2v) is 5.58. The Morgan fingerprint density at radius 2 is 1.80 bits per heavy atom. The van der Waals surface area contributed by atoms with Crippen LogP contribution >= 0.6 is 0 Å². The predicted octanol–water partition coefficient (Wildman–Crippen LogP) is 3.33. The van der Waals surface area contributed by atoms with Gasteiger partial charge in [0.2, 0.25) is 0 Å². The molecule has 2 N–H and O–H groups in total. The lowest BCUT2D eigenvalue weighted by Crippen LogP contribution is -2.25. The van der Waals surface area contributed by atoms with Crippen LogP contribution < -0.4 is 4.74 Å². The van der Waals surface area contributed by atoms with Gasteiger partial charge in [-0.1, -0.05) is 24.6 Å². The van der Waals surface area contributed by atoms with Crippen LogP contribution in [0.2, 0.25) is 0 Å². The number of aliphatic hydroxyl groups is 2. The SMILES string of the molecule is CCOc1c(C)cc(C)cc1C(CC)CC(O)C(C)O. The summed E-state index contributed by atoms with van der Waals surface area (Å²) in [6.07, 6.45) is 0.0601. The molecule has 3 nitrogen and oxygen atoms in total. The maximum atomic E-state index is 9.96. The minimum Gasteiger partial charge on any atom is -0.493 e. The molecule has 0 saturated carbocycles. The summed E-state index contributed by atoms with van der Waals surface area (Å²) in [5.41, 5.74) is 3.48. The molecule has 20 heavy (non-hydrogen) atoms. The molecule has 0 radical (unpaired) electrons. The third-order valence-electron chi connectivity index (χ3n) is 3.75. The summed E-state index contributed by atoms with van der Waals surface area (Å²) in [6.45, 7) is 10.5. The summed E-state index contributed by atoms with van der Waals surface area (Å²) >= 11 is 0. The van der Waals surface area contributed by atoms with Crippen LogP contribution in [0.15, 0.2) is 12.1 Å². The van der Waals surface area contributed by atoms with Crippen molar-refractivity contribution in [2.45, 2.75) is 65.6 Å². The van der Waals surface area contributed by atoms with Crippen molar-refractivity contribution in [3.05, 3.63) is 28.8 Å². The van der Waals surface area contributed by atoms with E-state index in [4.69, 9.17) is 4.74 Å². The Morgan fingerprint density at radius 1 is 1.15 bits per heavy atom. The van der Waals surface area contributed by atoms with Crippen LogP contribution in [0.4, 0.5) is 0 Å². The average molecular weight is 280 g/mol. The van der Waals surface area contributed by atoms with E-state index in [1.807, 2.05) is 6.92 Å². The second-order valence-electron chi connectivity index (χ2n) is 5.58. The topological polar surface area (TPSA) is 49.7 Å². The molecule has 0 saturated heterocycles. The lowest BCUT2D eigenvalue weighted by atomic mass is 9.87. The van der Waals surface area contributed by atoms with Crippen LogP contribution in [0.3, 0.4) is 0 Å². The molecule has 114 valence electrons. The zero-order valence-corrected chi connectivity index (χ0v) is 13.3. The largest absolute Gasteiger partial charge is 0.493 e. The molecular weight excluding hydrogens is 252 g/mol. The van der Waals surface area contributed by atoms with Crippen molar-refractivity contribution in [2.75, 3.05) is 6.61 Å². The molecule has 0 amide bonds. The predicted molar refractivity (Wildman–Crippen MR) is 82.4 cm³/mol. The molecule has 0 heterocycles. The molecular formula is C17H28O3. The number of hydrogen-bond acceptors (Lipinski definition) is 3. The number of aryl methyl sites for hydroxylation is 2. The Hall–Kier alpha value is -1.06. The Kier molecular flexibility index (Phi) is 6.50. The molecule has 1 aromatic rings. The molecule has 0 aliphatic heterocycles. The molecule has 1 rings (SSSR count). The second kappa shape index (κ2) is 7.65. The van der Waals surface area contributed by atoms with Gasteiger partial charge in [0.25, 0.3) is 0 Å². The standard InChI is InChI=1S/C17H28O3/c1-6-14(10-16(19)13(5)18)15-9-11(3)8-12(4)17(15)20-7-2/h8-9,13-14,16,18-19H,6-7,10H2,1-5H3. The van der Waals surface area contributed by atoms with Gasteiger partial charge in [0, 0.05) is 0 Å². The highest BCUT2D eigenvalue weighted by molar-refractivity contribution is 5.45. The molecule has 0 bridgehead atoms. The van der Waals surface area contributed by atoms with Crippen molar-refractivity contribution in [1.29, 1.82) is 0 Å². The minimum atomic E-state index is -0.703. The van der Waals surface area contributed by atoms with Crippen molar-refractivity contribution >= 4 is 0 Å². The first-order chi connectivity index (χ1) is 9.40. The van der Waals surface area contributed by atoms with E-state index in [2.05, 4.69) is 32.9 Å². The summed E-state index contributed by atoms with van der Waals surface area (Å²) in [5, 5.41) is 19.5. The van der Waals surface area contributed by atoms with Crippen LogP contribution in [0.5, 0.6) is 5.75 Å². The van der Waals surface area contributed by atoms with Gasteiger partial charge < -0.3 is 14.9 Å². The van der Waals surface area contributed by atoms with E-state index in [-0.39, 0.29) is 5.92 Å². The summed E-state index contributed by atoms with van der Waals surface area (Å²) < 4.78 is 5.80. The van der Waals surface area contributed by atoms with E-state index < -0.39 is 12.2 Å². The van der Waals surface area contributed by atoms with Crippen LogP contribution in [0.25, 0.3) is 0 Å². The molecule has 3 unspecified atom stereocenters. The summed E-state index contributed by atoms with van der Waals surface area (Å²) in [4.78, 5) is 0. The van der Waals surface area contributed by atoms with Crippen molar-refractivity contribution in [1.82, 2.24) is 0 Å². The highest BCUT2D eigenvalue weighted by atomic mass is 16.5. The van der Waals surface area contributed by atoms with Gasteiger partial charge in [-0.05, 0) is 57.6 Å². The smallest absolute Gasteiger partial charge is 0.125 e. The highest BCUT2D eigenvalue weighted by Gasteiger charge is 2.22. The minimum absolute atomic E-state index is 0.194. The average Bonchev–Trinajstić information content (AvgIpc) is 2.38. The van der Waals surface area contributed by atoms with E-state index in [9.17, 15) is 10.2 Å². The fraction of sp³-hybridized carbons (Fsp3) is 0.647. The van der Waals surface area contributed by atoms with Crippen molar-refractivity contribution < 1.29 is 14.9 Å². The summed E-state index contributed by atoms with van der Waals surface area (Å²) in [7, 11) is 0. The van der Waals surface area contributed by atoms with Gasteiger partial charge in [0.05, 0.1) is 18.8 Å². The van der Waals surface area contributed by atoms with Gasteiger partial charge in [-0.2, -0.15) is 0 Å².